The standard InChI is InChI=1S/C23H46/c1-22-18-14-10-6-4-5-8-12-16-20-23(2,3)21-17-13-9-7-11-15-19-22/h22H,4-21H2,1-3H3. The minimum Gasteiger partial charge on any atom is -0.0625 e. The average molecular weight is 323 g/mol. The van der Waals surface area contributed by atoms with Crippen LogP contribution in [0.4, 0.5) is 0 Å². The van der Waals surface area contributed by atoms with Crippen LogP contribution in [0.25, 0.3) is 0 Å². The van der Waals surface area contributed by atoms with Gasteiger partial charge in [-0.1, -0.05) is 124 Å². The first-order chi connectivity index (χ1) is 11.1. The Kier molecular flexibility index (Phi) is 12.2. The molecule has 1 rings (SSSR count). The van der Waals surface area contributed by atoms with Crippen molar-refractivity contribution in [2.45, 2.75) is 136 Å². The number of hydrogen-bond acceptors (Lipinski definition) is 0. The molecule has 0 aromatic carbocycles. The summed E-state index contributed by atoms with van der Waals surface area (Å²) in [6, 6.07) is 0. The molecule has 0 N–H and O–H groups in total. The molecule has 1 aliphatic rings. The van der Waals surface area contributed by atoms with Crippen LogP contribution in [0.2, 0.25) is 0 Å². The van der Waals surface area contributed by atoms with Crippen LogP contribution < -0.4 is 0 Å². The van der Waals surface area contributed by atoms with Crippen molar-refractivity contribution in [2.24, 2.45) is 11.3 Å². The minimum absolute atomic E-state index is 0.594. The summed E-state index contributed by atoms with van der Waals surface area (Å²) in [5, 5.41) is 0. The summed E-state index contributed by atoms with van der Waals surface area (Å²) in [5.41, 5.74) is 0.594. The molecule has 0 spiro atoms. The monoisotopic (exact) mass is 322 g/mol. The van der Waals surface area contributed by atoms with E-state index >= 15 is 0 Å². The van der Waals surface area contributed by atoms with E-state index in [4.69, 9.17) is 0 Å². The zero-order valence-corrected chi connectivity index (χ0v) is 16.8. The van der Waals surface area contributed by atoms with Crippen LogP contribution in [0.5, 0.6) is 0 Å². The Morgan fingerprint density at radius 3 is 1.17 bits per heavy atom. The van der Waals surface area contributed by atoms with E-state index in [2.05, 4.69) is 20.8 Å². The molecular formula is C23H46. The van der Waals surface area contributed by atoms with Crippen LogP contribution in [0.15, 0.2) is 0 Å². The van der Waals surface area contributed by atoms with Crippen molar-refractivity contribution < 1.29 is 0 Å². The van der Waals surface area contributed by atoms with Gasteiger partial charge in [-0.2, -0.15) is 0 Å². The Bertz CT molecular complexity index is 253. The molecule has 0 saturated heterocycles. The van der Waals surface area contributed by atoms with Crippen LogP contribution in [-0.4, -0.2) is 0 Å². The van der Waals surface area contributed by atoms with Gasteiger partial charge in [0.05, 0.1) is 0 Å². The SMILES string of the molecule is CC1CCCCCCCCCCC(C)(C)CCCCCCCC1. The third-order valence-electron chi connectivity index (χ3n) is 6.10. The van der Waals surface area contributed by atoms with Crippen molar-refractivity contribution >= 4 is 0 Å². The predicted molar refractivity (Wildman–Crippen MR) is 106 cm³/mol. The fourth-order valence-electron chi connectivity index (χ4n) is 4.23. The highest BCUT2D eigenvalue weighted by molar-refractivity contribution is 4.69. The first kappa shape index (κ1) is 21.0. The van der Waals surface area contributed by atoms with Crippen LogP contribution in [0, 0.1) is 11.3 Å². The fraction of sp³-hybridized carbons (Fsp3) is 1.00. The molecule has 0 bridgehead atoms. The molecule has 1 aliphatic carbocycles. The van der Waals surface area contributed by atoms with Gasteiger partial charge in [0.25, 0.3) is 0 Å². The van der Waals surface area contributed by atoms with E-state index in [-0.39, 0.29) is 0 Å². The number of rotatable bonds is 0. The van der Waals surface area contributed by atoms with E-state index in [1.54, 1.807) is 0 Å². The zero-order valence-electron chi connectivity index (χ0n) is 16.8. The van der Waals surface area contributed by atoms with E-state index in [1.165, 1.54) is 116 Å². The lowest BCUT2D eigenvalue weighted by Gasteiger charge is -2.24. The number of hydrogen-bond donors (Lipinski definition) is 0. The fourth-order valence-corrected chi connectivity index (χ4v) is 4.23. The summed E-state index contributed by atoms with van der Waals surface area (Å²) in [6.07, 6.45) is 26.5. The molecule has 0 aromatic heterocycles. The molecule has 0 nitrogen and oxygen atoms in total. The maximum absolute atomic E-state index is 2.50. The van der Waals surface area contributed by atoms with Crippen LogP contribution in [0.1, 0.15) is 136 Å². The third kappa shape index (κ3) is 13.0. The topological polar surface area (TPSA) is 0 Å². The zero-order chi connectivity index (χ0) is 16.8. The van der Waals surface area contributed by atoms with Gasteiger partial charge in [-0.3, -0.25) is 0 Å². The summed E-state index contributed by atoms with van der Waals surface area (Å²) in [5.74, 6) is 0.974. The molecule has 0 heterocycles. The second-order valence-electron chi connectivity index (χ2n) is 9.30. The molecular weight excluding hydrogens is 276 g/mol. The summed E-state index contributed by atoms with van der Waals surface area (Å²) >= 11 is 0. The van der Waals surface area contributed by atoms with Crippen molar-refractivity contribution in [2.75, 3.05) is 0 Å². The van der Waals surface area contributed by atoms with Crippen molar-refractivity contribution in [3.8, 4) is 0 Å². The van der Waals surface area contributed by atoms with Gasteiger partial charge in [-0.25, -0.2) is 0 Å². The first-order valence-corrected chi connectivity index (χ1v) is 11.1. The van der Waals surface area contributed by atoms with Crippen LogP contribution >= 0.6 is 0 Å². The van der Waals surface area contributed by atoms with E-state index < -0.39 is 0 Å². The van der Waals surface area contributed by atoms with Gasteiger partial charge in [0.1, 0.15) is 0 Å². The smallest absolute Gasteiger partial charge is 0.0354 e. The first-order valence-electron chi connectivity index (χ1n) is 11.1. The van der Waals surface area contributed by atoms with Gasteiger partial charge < -0.3 is 0 Å². The van der Waals surface area contributed by atoms with Gasteiger partial charge in [0.2, 0.25) is 0 Å². The summed E-state index contributed by atoms with van der Waals surface area (Å²) in [6.45, 7) is 7.48. The average Bonchev–Trinajstić information content (AvgIpc) is 2.50. The van der Waals surface area contributed by atoms with Crippen molar-refractivity contribution in [3.63, 3.8) is 0 Å². The van der Waals surface area contributed by atoms with Gasteiger partial charge in [0.15, 0.2) is 0 Å². The molecule has 0 aromatic rings. The molecule has 0 aliphatic heterocycles. The van der Waals surface area contributed by atoms with Crippen molar-refractivity contribution in [3.05, 3.63) is 0 Å². The molecule has 1 fully saturated rings. The summed E-state index contributed by atoms with van der Waals surface area (Å²) in [7, 11) is 0. The highest BCUT2D eigenvalue weighted by Gasteiger charge is 2.16. The van der Waals surface area contributed by atoms with Crippen molar-refractivity contribution in [1.82, 2.24) is 0 Å². The normalized spacial score (nSPS) is 28.0. The van der Waals surface area contributed by atoms with Gasteiger partial charge >= 0.3 is 0 Å². The van der Waals surface area contributed by atoms with E-state index in [0.717, 1.165) is 5.92 Å². The Labute approximate surface area is 148 Å². The lowest BCUT2D eigenvalue weighted by atomic mass is 9.81. The van der Waals surface area contributed by atoms with Gasteiger partial charge in [-0.05, 0) is 24.2 Å². The van der Waals surface area contributed by atoms with E-state index in [0.29, 0.717) is 5.41 Å². The second-order valence-corrected chi connectivity index (χ2v) is 9.30. The molecule has 138 valence electrons. The van der Waals surface area contributed by atoms with Crippen molar-refractivity contribution in [1.29, 1.82) is 0 Å². The Balaban J connectivity index is 2.23. The van der Waals surface area contributed by atoms with Gasteiger partial charge in [-0.15, -0.1) is 0 Å². The predicted octanol–water partition coefficient (Wildman–Crippen LogP) is 8.68. The van der Waals surface area contributed by atoms with Crippen LogP contribution in [-0.2, 0) is 0 Å². The Morgan fingerprint density at radius 1 is 0.478 bits per heavy atom. The van der Waals surface area contributed by atoms with E-state index in [1.807, 2.05) is 0 Å². The molecule has 1 saturated carbocycles. The molecule has 1 unspecified atom stereocenters. The lowest BCUT2D eigenvalue weighted by Crippen LogP contribution is -2.11. The maximum atomic E-state index is 2.50. The van der Waals surface area contributed by atoms with E-state index in [9.17, 15) is 0 Å². The molecule has 1 atom stereocenters. The second kappa shape index (κ2) is 13.3. The Morgan fingerprint density at radius 2 is 0.783 bits per heavy atom. The third-order valence-corrected chi connectivity index (χ3v) is 6.10. The molecule has 0 amide bonds. The minimum atomic E-state index is 0.594. The highest BCUT2D eigenvalue weighted by atomic mass is 14.2. The molecule has 0 radical (unpaired) electrons. The maximum Gasteiger partial charge on any atom is -0.0354 e. The highest BCUT2D eigenvalue weighted by Crippen LogP contribution is 2.30. The summed E-state index contributed by atoms with van der Waals surface area (Å²) in [4.78, 5) is 0. The Hall–Kier alpha value is 0. The quantitative estimate of drug-likeness (QED) is 0.418. The molecule has 0 heteroatoms. The molecule has 23 heavy (non-hydrogen) atoms. The summed E-state index contributed by atoms with van der Waals surface area (Å²) < 4.78 is 0. The largest absolute Gasteiger partial charge is 0.0625 e. The van der Waals surface area contributed by atoms with Crippen LogP contribution in [0.3, 0.4) is 0 Å². The van der Waals surface area contributed by atoms with Gasteiger partial charge in [0, 0.05) is 0 Å². The lowest BCUT2D eigenvalue weighted by molar-refractivity contribution is 0.281.